The number of imide groups is 1. The zero-order valence-electron chi connectivity index (χ0n) is 20.9. The Morgan fingerprint density at radius 2 is 1.56 bits per heavy atom. The van der Waals surface area contributed by atoms with Crippen LogP contribution in [0.25, 0.3) is 11.1 Å². The maximum atomic E-state index is 12.3. The summed E-state index contributed by atoms with van der Waals surface area (Å²) < 4.78 is 6.38. The summed E-state index contributed by atoms with van der Waals surface area (Å²) in [7, 11) is 0. The van der Waals surface area contributed by atoms with Crippen molar-refractivity contribution in [2.45, 2.75) is 31.6 Å². The van der Waals surface area contributed by atoms with Crippen LogP contribution < -0.4 is 5.32 Å². The van der Waals surface area contributed by atoms with E-state index in [4.69, 9.17) is 4.74 Å². The van der Waals surface area contributed by atoms with E-state index < -0.39 is 30.1 Å². The fourth-order valence-electron chi connectivity index (χ4n) is 4.43. The molecule has 39 heavy (non-hydrogen) atoms. The van der Waals surface area contributed by atoms with Crippen LogP contribution in [-0.4, -0.2) is 68.2 Å². The second kappa shape index (κ2) is 12.5. The maximum absolute atomic E-state index is 12.3. The van der Waals surface area contributed by atoms with Gasteiger partial charge >= 0.3 is 18.3 Å². The van der Waals surface area contributed by atoms with Crippen molar-refractivity contribution in [2.75, 3.05) is 13.2 Å². The number of fused-ring (bicyclic) bond motifs is 3. The molecule has 0 spiro atoms. The van der Waals surface area contributed by atoms with Gasteiger partial charge in [-0.05, 0) is 41.2 Å². The quantitative estimate of drug-likeness (QED) is 0.218. The standard InChI is InChI=1S/C27H27N5O7/c33-23(30-24(31-16-8-15-29-31)32(26(35)36)27(37)38)13-2-1-7-14-28-25(34)39-17-22-20-11-5-3-9-18(20)19-10-4-6-12-21(19)22/h3-6,8-12,15-16,22H,1-2,7,13-14,17H2,(H,28,34)(H,35,36)(H,37,38). The molecule has 2 aromatic carbocycles. The van der Waals surface area contributed by atoms with Crippen molar-refractivity contribution in [3.63, 3.8) is 0 Å². The lowest BCUT2D eigenvalue weighted by Crippen LogP contribution is -2.44. The molecule has 4 rings (SSSR count). The number of aliphatic imine (C=N–C) groups is 1. The number of aromatic nitrogens is 2. The number of benzene rings is 2. The minimum Gasteiger partial charge on any atom is -0.464 e. The van der Waals surface area contributed by atoms with Crippen molar-refractivity contribution >= 4 is 30.1 Å². The van der Waals surface area contributed by atoms with Crippen molar-refractivity contribution < 1.29 is 34.1 Å². The molecule has 0 fully saturated rings. The van der Waals surface area contributed by atoms with Crippen LogP contribution in [0.4, 0.5) is 14.4 Å². The van der Waals surface area contributed by atoms with Crippen LogP contribution in [0.15, 0.2) is 72.0 Å². The average Bonchev–Trinajstić information content (AvgIpc) is 3.55. The Hall–Kier alpha value is -5.00. The third kappa shape index (κ3) is 6.47. The smallest absolute Gasteiger partial charge is 0.424 e. The number of alkyl carbamates (subject to hydrolysis) is 1. The molecule has 1 aromatic heterocycles. The van der Waals surface area contributed by atoms with E-state index in [9.17, 15) is 29.4 Å². The number of rotatable bonds is 8. The normalized spacial score (nSPS) is 12.4. The monoisotopic (exact) mass is 533 g/mol. The third-order valence-corrected chi connectivity index (χ3v) is 6.20. The molecule has 0 bridgehead atoms. The molecule has 1 heterocycles. The van der Waals surface area contributed by atoms with Gasteiger partial charge in [0.2, 0.25) is 11.9 Å². The zero-order valence-corrected chi connectivity index (χ0v) is 20.9. The second-order valence-electron chi connectivity index (χ2n) is 8.72. The Kier molecular flexibility index (Phi) is 8.67. The molecule has 3 aromatic rings. The van der Waals surface area contributed by atoms with Crippen LogP contribution in [0, 0.1) is 0 Å². The van der Waals surface area contributed by atoms with E-state index in [0.717, 1.165) is 26.9 Å². The zero-order chi connectivity index (χ0) is 27.8. The van der Waals surface area contributed by atoms with E-state index in [0.29, 0.717) is 25.8 Å². The summed E-state index contributed by atoms with van der Waals surface area (Å²) >= 11 is 0. The van der Waals surface area contributed by atoms with E-state index in [1.807, 2.05) is 36.4 Å². The molecule has 4 amide bonds. The number of nitrogens with zero attached hydrogens (tertiary/aromatic N) is 4. The Bertz CT molecular complexity index is 1330. The summed E-state index contributed by atoms with van der Waals surface area (Å²) in [4.78, 5) is 50.8. The molecule has 0 saturated carbocycles. The summed E-state index contributed by atoms with van der Waals surface area (Å²) in [5.41, 5.74) is 4.56. The molecule has 12 nitrogen and oxygen atoms in total. The first-order valence-electron chi connectivity index (χ1n) is 12.3. The fraction of sp³-hybridized carbons (Fsp3) is 0.259. The Labute approximate surface area is 223 Å². The van der Waals surface area contributed by atoms with Gasteiger partial charge in [-0.15, -0.1) is 4.90 Å². The van der Waals surface area contributed by atoms with Gasteiger partial charge in [0.15, 0.2) is 0 Å². The van der Waals surface area contributed by atoms with Gasteiger partial charge in [0.05, 0.1) is 0 Å². The Balaban J connectivity index is 1.20. The summed E-state index contributed by atoms with van der Waals surface area (Å²) in [6.45, 7) is 0.563. The lowest BCUT2D eigenvalue weighted by Gasteiger charge is -2.15. The van der Waals surface area contributed by atoms with Crippen LogP contribution in [0.2, 0.25) is 0 Å². The van der Waals surface area contributed by atoms with Crippen molar-refractivity contribution in [1.82, 2.24) is 20.0 Å². The van der Waals surface area contributed by atoms with Crippen LogP contribution >= 0.6 is 0 Å². The van der Waals surface area contributed by atoms with Crippen LogP contribution in [0.5, 0.6) is 0 Å². The van der Waals surface area contributed by atoms with E-state index in [2.05, 4.69) is 27.5 Å². The lowest BCUT2D eigenvalue weighted by atomic mass is 9.98. The number of hydrogen-bond acceptors (Lipinski definition) is 6. The number of ether oxygens (including phenoxy) is 1. The highest BCUT2D eigenvalue weighted by Crippen LogP contribution is 2.44. The van der Waals surface area contributed by atoms with Crippen molar-refractivity contribution in [3.8, 4) is 11.1 Å². The molecule has 3 N–H and O–H groups in total. The highest BCUT2D eigenvalue weighted by molar-refractivity contribution is 6.10. The summed E-state index contributed by atoms with van der Waals surface area (Å²) in [6.07, 6.45) is -0.0700. The number of carbonyl (C=O) groups is 4. The van der Waals surface area contributed by atoms with E-state index in [-0.39, 0.29) is 23.8 Å². The van der Waals surface area contributed by atoms with Crippen LogP contribution in [0.3, 0.4) is 0 Å². The van der Waals surface area contributed by atoms with Crippen molar-refractivity contribution in [3.05, 3.63) is 78.1 Å². The molecule has 1 aliphatic rings. The molecule has 0 aliphatic heterocycles. The average molecular weight is 534 g/mol. The van der Waals surface area contributed by atoms with Gasteiger partial charge in [0.1, 0.15) is 6.61 Å². The number of amides is 4. The second-order valence-corrected chi connectivity index (χ2v) is 8.72. The van der Waals surface area contributed by atoms with Gasteiger partial charge in [-0.25, -0.2) is 19.1 Å². The molecule has 0 radical (unpaired) electrons. The molecule has 0 saturated heterocycles. The molecule has 0 unspecified atom stereocenters. The highest BCUT2D eigenvalue weighted by atomic mass is 16.5. The number of hydrogen-bond donors (Lipinski definition) is 3. The number of carbonyl (C=O) groups excluding carboxylic acids is 2. The lowest BCUT2D eigenvalue weighted by molar-refractivity contribution is -0.117. The third-order valence-electron chi connectivity index (χ3n) is 6.20. The van der Waals surface area contributed by atoms with Gasteiger partial charge in [-0.2, -0.15) is 10.1 Å². The number of nitrogens with one attached hydrogen (secondary N) is 1. The van der Waals surface area contributed by atoms with Crippen molar-refractivity contribution in [1.29, 1.82) is 0 Å². The van der Waals surface area contributed by atoms with E-state index in [1.165, 1.54) is 18.5 Å². The van der Waals surface area contributed by atoms with Crippen LogP contribution in [-0.2, 0) is 9.53 Å². The number of unbranched alkanes of at least 4 members (excludes halogenated alkanes) is 2. The summed E-state index contributed by atoms with van der Waals surface area (Å²) in [5, 5.41) is 24.9. The molecule has 0 atom stereocenters. The Morgan fingerprint density at radius 3 is 2.15 bits per heavy atom. The van der Waals surface area contributed by atoms with E-state index >= 15 is 0 Å². The van der Waals surface area contributed by atoms with Gasteiger partial charge in [0.25, 0.3) is 0 Å². The largest absolute Gasteiger partial charge is 0.464 e. The first kappa shape index (κ1) is 27.0. The summed E-state index contributed by atoms with van der Waals surface area (Å²) in [5.74, 6) is -1.38. The predicted octanol–water partition coefficient (Wildman–Crippen LogP) is 4.37. The van der Waals surface area contributed by atoms with Gasteiger partial charge in [-0.1, -0.05) is 55.0 Å². The maximum Gasteiger partial charge on any atom is 0.424 e. The minimum absolute atomic E-state index is 0.0282. The predicted molar refractivity (Wildman–Crippen MR) is 139 cm³/mol. The molecule has 12 heteroatoms. The first-order chi connectivity index (χ1) is 18.9. The topological polar surface area (TPSA) is 163 Å². The van der Waals surface area contributed by atoms with Gasteiger partial charge in [0, 0.05) is 31.3 Å². The van der Waals surface area contributed by atoms with E-state index in [1.54, 1.807) is 0 Å². The SMILES string of the molecule is O=C(CCCCCNC(=O)OCC1c2ccccc2-c2ccccc21)N=C(N(C(=O)O)C(=O)O)n1cccn1. The molecule has 202 valence electrons. The number of carboxylic acid groups (broad SMARTS) is 2. The Morgan fingerprint density at radius 1 is 0.923 bits per heavy atom. The molecule has 1 aliphatic carbocycles. The molecular formula is C27H27N5O7. The first-order valence-corrected chi connectivity index (χ1v) is 12.3. The van der Waals surface area contributed by atoms with Crippen LogP contribution in [0.1, 0.15) is 42.7 Å². The summed E-state index contributed by atoms with van der Waals surface area (Å²) in [6, 6.07) is 17.6. The highest BCUT2D eigenvalue weighted by Gasteiger charge is 2.30. The molecular weight excluding hydrogens is 506 g/mol. The van der Waals surface area contributed by atoms with Gasteiger partial charge < -0.3 is 20.3 Å². The van der Waals surface area contributed by atoms with Gasteiger partial charge in [-0.3, -0.25) is 4.79 Å². The minimum atomic E-state index is -1.82. The fourth-order valence-corrected chi connectivity index (χ4v) is 4.43. The van der Waals surface area contributed by atoms with Crippen molar-refractivity contribution in [2.24, 2.45) is 4.99 Å².